The summed E-state index contributed by atoms with van der Waals surface area (Å²) in [7, 11) is -2.30. The first-order chi connectivity index (χ1) is 15.2. The van der Waals surface area contributed by atoms with Crippen LogP contribution in [0.15, 0.2) is 56.3 Å². The number of amides is 1. The number of halogens is 2. The zero-order valence-electron chi connectivity index (χ0n) is 16.9. The molecule has 1 heterocycles. The van der Waals surface area contributed by atoms with Crippen molar-refractivity contribution in [3.8, 4) is 11.9 Å². The Labute approximate surface area is 203 Å². The summed E-state index contributed by atoms with van der Waals surface area (Å²) in [5, 5.41) is 12.0. The third-order valence-electron chi connectivity index (χ3n) is 4.77. The van der Waals surface area contributed by atoms with Gasteiger partial charge in [0.05, 0.1) is 18.0 Å². The molecule has 3 rings (SSSR count). The predicted octanol–water partition coefficient (Wildman–Crippen LogP) is 3.67. The Balaban J connectivity index is 1.59. The molecule has 0 saturated carbocycles. The SMILES string of the molecule is COc1cccc(NC(=O)OC[C@H]2CC(NS(=O)(=O)c3cc(Br)ccc3Br)CN2C#N)c1. The highest BCUT2D eigenvalue weighted by Crippen LogP contribution is 2.27. The Bertz CT molecular complexity index is 1140. The average Bonchev–Trinajstić information content (AvgIpc) is 3.15. The number of ether oxygens (including phenoxy) is 2. The van der Waals surface area contributed by atoms with Crippen LogP contribution in [0.2, 0.25) is 0 Å². The molecule has 9 nitrogen and oxygen atoms in total. The molecule has 1 aliphatic heterocycles. The molecule has 0 radical (unpaired) electrons. The molecular weight excluding hydrogens is 568 g/mol. The maximum atomic E-state index is 12.8. The monoisotopic (exact) mass is 586 g/mol. The standard InChI is InChI=1S/C20H20Br2N4O5S/c1-30-17-4-2-3-14(9-17)24-20(27)31-11-16-8-15(10-26(16)12-23)25-32(28,29)19-7-13(21)5-6-18(19)22/h2-7,9,15-16,25H,8,10-11H2,1H3,(H,24,27)/t15?,16-/m1/s1. The Morgan fingerprint density at radius 3 is 2.78 bits per heavy atom. The lowest BCUT2D eigenvalue weighted by molar-refractivity contribution is 0.134. The average molecular weight is 588 g/mol. The lowest BCUT2D eigenvalue weighted by atomic mass is 10.2. The Hall–Kier alpha value is -2.33. The van der Waals surface area contributed by atoms with E-state index in [1.807, 2.05) is 6.19 Å². The summed E-state index contributed by atoms with van der Waals surface area (Å²) in [6.45, 7) is 0.106. The molecule has 2 aromatic carbocycles. The molecule has 2 atom stereocenters. The Kier molecular flexibility index (Phi) is 8.00. The highest BCUT2D eigenvalue weighted by atomic mass is 79.9. The minimum absolute atomic E-state index is 0.0673. The van der Waals surface area contributed by atoms with Crippen LogP contribution in [0.1, 0.15) is 6.42 Å². The highest BCUT2D eigenvalue weighted by Gasteiger charge is 2.35. The van der Waals surface area contributed by atoms with Crippen LogP contribution in [0.25, 0.3) is 0 Å². The van der Waals surface area contributed by atoms with Crippen molar-refractivity contribution in [2.24, 2.45) is 0 Å². The summed E-state index contributed by atoms with van der Waals surface area (Å²) in [6.07, 6.45) is 1.66. The first-order valence-electron chi connectivity index (χ1n) is 9.43. The van der Waals surface area contributed by atoms with Crippen molar-refractivity contribution in [2.45, 2.75) is 23.4 Å². The van der Waals surface area contributed by atoms with Crippen LogP contribution in [-0.4, -0.2) is 51.8 Å². The van der Waals surface area contributed by atoms with Crippen molar-refractivity contribution in [3.05, 3.63) is 51.4 Å². The summed E-state index contributed by atoms with van der Waals surface area (Å²) in [5.41, 5.74) is 0.503. The lowest BCUT2D eigenvalue weighted by Crippen LogP contribution is -2.36. The number of carbonyl (C=O) groups is 1. The maximum absolute atomic E-state index is 12.8. The molecule has 0 bridgehead atoms. The first-order valence-corrected chi connectivity index (χ1v) is 12.5. The van der Waals surface area contributed by atoms with Gasteiger partial charge in [0, 0.05) is 33.3 Å². The van der Waals surface area contributed by atoms with Gasteiger partial charge in [-0.1, -0.05) is 22.0 Å². The van der Waals surface area contributed by atoms with Crippen LogP contribution >= 0.6 is 31.9 Å². The van der Waals surface area contributed by atoms with Crippen LogP contribution < -0.4 is 14.8 Å². The molecule has 1 amide bonds. The second kappa shape index (κ2) is 10.5. The normalized spacial score (nSPS) is 18.1. The summed E-state index contributed by atoms with van der Waals surface area (Å²) in [6, 6.07) is 10.7. The number of carbonyl (C=O) groups excluding carboxylic acids is 1. The summed E-state index contributed by atoms with van der Waals surface area (Å²) < 4.78 is 39.7. The van der Waals surface area contributed by atoms with Gasteiger partial charge in [0.15, 0.2) is 6.19 Å². The van der Waals surface area contributed by atoms with Crippen molar-refractivity contribution in [3.63, 3.8) is 0 Å². The van der Waals surface area contributed by atoms with Gasteiger partial charge in [-0.25, -0.2) is 17.9 Å². The molecule has 2 N–H and O–H groups in total. The Morgan fingerprint density at radius 1 is 1.28 bits per heavy atom. The van der Waals surface area contributed by atoms with Crippen molar-refractivity contribution in [2.75, 3.05) is 25.6 Å². The molecular formula is C20H20Br2N4O5S. The van der Waals surface area contributed by atoms with Crippen molar-refractivity contribution in [1.29, 1.82) is 5.26 Å². The maximum Gasteiger partial charge on any atom is 0.411 e. The number of rotatable bonds is 7. The molecule has 170 valence electrons. The zero-order valence-corrected chi connectivity index (χ0v) is 20.9. The third kappa shape index (κ3) is 6.13. The Morgan fingerprint density at radius 2 is 2.06 bits per heavy atom. The first kappa shape index (κ1) is 24.3. The number of methoxy groups -OCH3 is 1. The van der Waals surface area contributed by atoms with E-state index < -0.39 is 28.2 Å². The molecule has 0 spiro atoms. The second-order valence-electron chi connectivity index (χ2n) is 6.99. The fourth-order valence-corrected chi connectivity index (χ4v) is 6.02. The highest BCUT2D eigenvalue weighted by molar-refractivity contribution is 9.11. The summed E-state index contributed by atoms with van der Waals surface area (Å²) >= 11 is 6.53. The number of anilines is 1. The number of hydrogen-bond donors (Lipinski definition) is 2. The number of sulfonamides is 1. The van der Waals surface area contributed by atoms with E-state index in [9.17, 15) is 18.5 Å². The fraction of sp³-hybridized carbons (Fsp3) is 0.300. The van der Waals surface area contributed by atoms with Crippen molar-refractivity contribution in [1.82, 2.24) is 9.62 Å². The minimum atomic E-state index is -3.83. The van der Waals surface area contributed by atoms with E-state index in [4.69, 9.17) is 9.47 Å². The van der Waals surface area contributed by atoms with Crippen LogP contribution in [0.3, 0.4) is 0 Å². The van der Waals surface area contributed by atoms with E-state index in [1.54, 1.807) is 36.4 Å². The van der Waals surface area contributed by atoms with E-state index in [0.717, 1.165) is 0 Å². The number of nitriles is 1. The van der Waals surface area contributed by atoms with E-state index in [2.05, 4.69) is 41.9 Å². The molecule has 0 aliphatic carbocycles. The summed E-state index contributed by atoms with van der Waals surface area (Å²) in [4.78, 5) is 13.6. The molecule has 1 fully saturated rings. The lowest BCUT2D eigenvalue weighted by Gasteiger charge is -2.17. The van der Waals surface area contributed by atoms with E-state index in [1.165, 1.54) is 18.1 Å². The smallest absolute Gasteiger partial charge is 0.411 e. The van der Waals surface area contributed by atoms with Crippen LogP contribution in [0, 0.1) is 11.5 Å². The largest absolute Gasteiger partial charge is 0.497 e. The van der Waals surface area contributed by atoms with Gasteiger partial charge in [0.25, 0.3) is 0 Å². The molecule has 12 heteroatoms. The number of nitrogens with zero attached hydrogens (tertiary/aromatic N) is 2. The quantitative estimate of drug-likeness (QED) is 0.474. The number of likely N-dealkylation sites (tertiary alicyclic amines) is 1. The van der Waals surface area contributed by atoms with Gasteiger partial charge in [-0.3, -0.25) is 5.32 Å². The van der Waals surface area contributed by atoms with Gasteiger partial charge in [-0.2, -0.15) is 5.26 Å². The van der Waals surface area contributed by atoms with E-state index in [0.29, 0.717) is 26.8 Å². The molecule has 1 saturated heterocycles. The minimum Gasteiger partial charge on any atom is -0.497 e. The number of nitrogens with one attached hydrogen (secondary N) is 2. The molecule has 2 aromatic rings. The van der Waals surface area contributed by atoms with Crippen molar-refractivity contribution < 1.29 is 22.7 Å². The fourth-order valence-electron chi connectivity index (χ4n) is 3.28. The van der Waals surface area contributed by atoms with E-state index in [-0.39, 0.29) is 18.0 Å². The van der Waals surface area contributed by atoms with Gasteiger partial charge in [-0.05, 0) is 52.7 Å². The number of benzene rings is 2. The summed E-state index contributed by atoms with van der Waals surface area (Å²) in [5.74, 6) is 0.585. The second-order valence-corrected chi connectivity index (χ2v) is 10.4. The molecule has 0 aromatic heterocycles. The third-order valence-corrected chi connectivity index (χ3v) is 7.78. The zero-order chi connectivity index (χ0) is 23.3. The van der Waals surface area contributed by atoms with Crippen LogP contribution in [0.4, 0.5) is 10.5 Å². The topological polar surface area (TPSA) is 121 Å². The van der Waals surface area contributed by atoms with Gasteiger partial charge in [0.2, 0.25) is 10.0 Å². The molecule has 1 aliphatic rings. The van der Waals surface area contributed by atoms with Gasteiger partial charge in [0.1, 0.15) is 12.4 Å². The van der Waals surface area contributed by atoms with Gasteiger partial charge < -0.3 is 14.4 Å². The predicted molar refractivity (Wildman–Crippen MR) is 125 cm³/mol. The van der Waals surface area contributed by atoms with Gasteiger partial charge >= 0.3 is 6.09 Å². The molecule has 1 unspecified atom stereocenters. The van der Waals surface area contributed by atoms with Crippen LogP contribution in [0.5, 0.6) is 5.75 Å². The van der Waals surface area contributed by atoms with E-state index >= 15 is 0 Å². The van der Waals surface area contributed by atoms with Gasteiger partial charge in [-0.15, -0.1) is 0 Å². The number of hydrogen-bond acceptors (Lipinski definition) is 7. The van der Waals surface area contributed by atoms with Crippen LogP contribution in [-0.2, 0) is 14.8 Å². The van der Waals surface area contributed by atoms with Crippen molar-refractivity contribution >= 4 is 53.7 Å². The molecule has 32 heavy (non-hydrogen) atoms.